The van der Waals surface area contributed by atoms with Crippen LogP contribution >= 0.6 is 0 Å². The van der Waals surface area contributed by atoms with Crippen LogP contribution in [0.2, 0.25) is 0 Å². The number of likely N-dealkylation sites (N-methyl/N-ethyl adjacent to an activating group) is 2. The minimum atomic E-state index is 0.0276. The highest BCUT2D eigenvalue weighted by atomic mass is 16.5. The number of aryl methyl sites for hydroxylation is 1. The summed E-state index contributed by atoms with van der Waals surface area (Å²) < 4.78 is 5.76. The Bertz CT molecular complexity index is 770. The van der Waals surface area contributed by atoms with Gasteiger partial charge in [-0.1, -0.05) is 12.1 Å². The summed E-state index contributed by atoms with van der Waals surface area (Å²) in [7, 11) is 3.66. The molecular weight excluding hydrogens is 330 g/mol. The Morgan fingerprint density at radius 3 is 2.58 bits per heavy atom. The Morgan fingerprint density at radius 2 is 1.92 bits per heavy atom. The lowest BCUT2D eigenvalue weighted by Gasteiger charge is -2.22. The molecular formula is C19H23N5O2. The molecule has 0 N–H and O–H groups in total. The molecule has 0 bridgehead atoms. The van der Waals surface area contributed by atoms with Crippen molar-refractivity contribution < 1.29 is 9.53 Å². The molecule has 0 atom stereocenters. The van der Waals surface area contributed by atoms with E-state index in [1.165, 1.54) is 0 Å². The molecule has 7 heteroatoms. The van der Waals surface area contributed by atoms with E-state index in [1.54, 1.807) is 31.3 Å². The molecule has 0 aliphatic rings. The van der Waals surface area contributed by atoms with E-state index in [9.17, 15) is 4.79 Å². The van der Waals surface area contributed by atoms with Crippen molar-refractivity contribution in [3.8, 4) is 17.7 Å². The lowest BCUT2D eigenvalue weighted by Crippen LogP contribution is -2.33. The van der Waals surface area contributed by atoms with Crippen LogP contribution in [0.5, 0.6) is 11.6 Å². The van der Waals surface area contributed by atoms with Gasteiger partial charge in [-0.25, -0.2) is 0 Å². The van der Waals surface area contributed by atoms with Crippen molar-refractivity contribution in [2.45, 2.75) is 19.8 Å². The average Bonchev–Trinajstić information content (AvgIpc) is 2.65. The molecule has 2 rings (SSSR count). The van der Waals surface area contributed by atoms with Crippen LogP contribution < -0.4 is 9.64 Å². The van der Waals surface area contributed by atoms with Crippen molar-refractivity contribution in [1.29, 1.82) is 5.26 Å². The van der Waals surface area contributed by atoms with Crippen LogP contribution in [0.1, 0.15) is 18.9 Å². The van der Waals surface area contributed by atoms with E-state index in [0.717, 1.165) is 12.0 Å². The molecule has 0 aliphatic carbocycles. The predicted molar refractivity (Wildman–Crippen MR) is 99.1 cm³/mol. The van der Waals surface area contributed by atoms with Crippen molar-refractivity contribution >= 4 is 11.7 Å². The maximum atomic E-state index is 11.3. The third-order valence-electron chi connectivity index (χ3n) is 3.97. The van der Waals surface area contributed by atoms with Gasteiger partial charge in [-0.3, -0.25) is 9.78 Å². The number of carbonyl (C=O) groups is 1. The third-order valence-corrected chi connectivity index (χ3v) is 3.97. The van der Waals surface area contributed by atoms with Crippen molar-refractivity contribution in [1.82, 2.24) is 14.9 Å². The molecule has 0 radical (unpaired) electrons. The number of aromatic nitrogens is 2. The molecule has 2 aromatic rings. The Balaban J connectivity index is 1.98. The summed E-state index contributed by atoms with van der Waals surface area (Å²) in [5.74, 6) is 1.76. The van der Waals surface area contributed by atoms with Crippen LogP contribution in [-0.4, -0.2) is 48.0 Å². The Kier molecular flexibility index (Phi) is 6.92. The summed E-state index contributed by atoms with van der Waals surface area (Å²) in [6.45, 7) is 2.78. The van der Waals surface area contributed by atoms with Gasteiger partial charge in [0.05, 0.1) is 18.5 Å². The average molecular weight is 353 g/mol. The van der Waals surface area contributed by atoms with Crippen LogP contribution in [0.4, 0.5) is 5.82 Å². The van der Waals surface area contributed by atoms with E-state index in [2.05, 4.69) is 16.0 Å². The number of ether oxygens (including phenoxy) is 1. The number of nitriles is 1. The first-order valence-electron chi connectivity index (χ1n) is 8.38. The maximum absolute atomic E-state index is 11.3. The minimum absolute atomic E-state index is 0.0276. The Morgan fingerprint density at radius 1 is 1.19 bits per heavy atom. The van der Waals surface area contributed by atoms with Gasteiger partial charge >= 0.3 is 0 Å². The van der Waals surface area contributed by atoms with Gasteiger partial charge in [-0.15, -0.1) is 0 Å². The summed E-state index contributed by atoms with van der Waals surface area (Å²) in [6, 6.07) is 9.72. The topological polar surface area (TPSA) is 82.4 Å². The first kappa shape index (κ1) is 19.2. The maximum Gasteiger partial charge on any atom is 0.239 e. The van der Waals surface area contributed by atoms with Crippen LogP contribution in [0, 0.1) is 11.3 Å². The highest BCUT2D eigenvalue weighted by Gasteiger charge is 2.09. The Labute approximate surface area is 153 Å². The van der Waals surface area contributed by atoms with Gasteiger partial charge in [0.2, 0.25) is 11.8 Å². The molecule has 1 heterocycles. The van der Waals surface area contributed by atoms with E-state index in [4.69, 9.17) is 10.00 Å². The summed E-state index contributed by atoms with van der Waals surface area (Å²) in [5, 5.41) is 8.63. The number of hydrogen-bond acceptors (Lipinski definition) is 6. The summed E-state index contributed by atoms with van der Waals surface area (Å²) >= 11 is 0. The Hall–Kier alpha value is -3.14. The fourth-order valence-corrected chi connectivity index (χ4v) is 2.19. The molecule has 7 nitrogen and oxygen atoms in total. The molecule has 0 fully saturated rings. The second-order valence-electron chi connectivity index (χ2n) is 5.98. The smallest absolute Gasteiger partial charge is 0.239 e. The van der Waals surface area contributed by atoms with Gasteiger partial charge in [0.15, 0.2) is 5.82 Å². The number of benzene rings is 1. The fourth-order valence-electron chi connectivity index (χ4n) is 2.19. The molecule has 0 saturated carbocycles. The van der Waals surface area contributed by atoms with Gasteiger partial charge in [-0.05, 0) is 24.1 Å². The number of amides is 1. The molecule has 1 aromatic carbocycles. The first-order valence-corrected chi connectivity index (χ1v) is 8.38. The van der Waals surface area contributed by atoms with Crippen molar-refractivity contribution in [2.75, 3.05) is 32.1 Å². The number of rotatable bonds is 8. The quantitative estimate of drug-likeness (QED) is 0.725. The number of hydrogen-bond donors (Lipinski definition) is 0. The number of nitrogens with zero attached hydrogens (tertiary/aromatic N) is 5. The standard InChI is InChI=1S/C19H23N5O2/c1-15(25)23(2)11-12-24(3)18-13-21-14-19(22-18)26-17-8-6-16(7-9-17)5-4-10-20/h6-9,13-14H,4-5,11-12H2,1-3H3. The van der Waals surface area contributed by atoms with Crippen LogP contribution in [0.3, 0.4) is 0 Å². The lowest BCUT2D eigenvalue weighted by atomic mass is 10.1. The summed E-state index contributed by atoms with van der Waals surface area (Å²) in [6.07, 6.45) is 4.44. The van der Waals surface area contributed by atoms with Crippen molar-refractivity contribution in [3.63, 3.8) is 0 Å². The summed E-state index contributed by atoms with van der Waals surface area (Å²) in [4.78, 5) is 23.5. The van der Waals surface area contributed by atoms with E-state index in [-0.39, 0.29) is 5.91 Å². The number of carbonyl (C=O) groups excluding carboxylic acids is 1. The monoisotopic (exact) mass is 353 g/mol. The van der Waals surface area contributed by atoms with Crippen molar-refractivity contribution in [2.24, 2.45) is 0 Å². The SMILES string of the molecule is CC(=O)N(C)CCN(C)c1cncc(Oc2ccc(CCC#N)cc2)n1. The molecule has 136 valence electrons. The summed E-state index contributed by atoms with van der Waals surface area (Å²) in [5.41, 5.74) is 1.09. The van der Waals surface area contributed by atoms with Gasteiger partial charge < -0.3 is 14.5 Å². The van der Waals surface area contributed by atoms with Gasteiger partial charge in [0.25, 0.3) is 0 Å². The fraction of sp³-hybridized carbons (Fsp3) is 0.368. The van der Waals surface area contributed by atoms with E-state index < -0.39 is 0 Å². The molecule has 0 aliphatic heterocycles. The van der Waals surface area contributed by atoms with Crippen LogP contribution in [0.15, 0.2) is 36.7 Å². The molecule has 1 amide bonds. The van der Waals surface area contributed by atoms with Crippen LogP contribution in [0.25, 0.3) is 0 Å². The predicted octanol–water partition coefficient (Wildman–Crippen LogP) is 2.64. The second kappa shape index (κ2) is 9.37. The van der Waals surface area contributed by atoms with Crippen LogP contribution in [-0.2, 0) is 11.2 Å². The van der Waals surface area contributed by atoms with Gasteiger partial charge in [-0.2, -0.15) is 10.2 Å². The molecule has 0 saturated heterocycles. The van der Waals surface area contributed by atoms with E-state index in [1.807, 2.05) is 36.2 Å². The van der Waals surface area contributed by atoms with Crippen molar-refractivity contribution in [3.05, 3.63) is 42.2 Å². The van der Waals surface area contributed by atoms with Gasteiger partial charge in [0, 0.05) is 40.5 Å². The molecule has 26 heavy (non-hydrogen) atoms. The van der Waals surface area contributed by atoms with Gasteiger partial charge in [0.1, 0.15) is 5.75 Å². The zero-order chi connectivity index (χ0) is 18.9. The molecule has 0 unspecified atom stereocenters. The highest BCUT2D eigenvalue weighted by Crippen LogP contribution is 2.21. The second-order valence-corrected chi connectivity index (χ2v) is 5.98. The molecule has 0 spiro atoms. The van der Waals surface area contributed by atoms with E-state index >= 15 is 0 Å². The zero-order valence-electron chi connectivity index (χ0n) is 15.3. The number of anilines is 1. The van der Waals surface area contributed by atoms with E-state index in [0.29, 0.717) is 37.0 Å². The lowest BCUT2D eigenvalue weighted by molar-refractivity contribution is -0.127. The third kappa shape index (κ3) is 5.74. The molecule has 1 aromatic heterocycles. The largest absolute Gasteiger partial charge is 0.437 e. The normalized spacial score (nSPS) is 10.1. The minimum Gasteiger partial charge on any atom is -0.437 e. The first-order chi connectivity index (χ1) is 12.5. The highest BCUT2D eigenvalue weighted by molar-refractivity contribution is 5.72. The zero-order valence-corrected chi connectivity index (χ0v) is 15.3.